The minimum atomic E-state index is 0.599. The van der Waals surface area contributed by atoms with Crippen LogP contribution in [0.1, 0.15) is 51.2 Å². The van der Waals surface area contributed by atoms with Crippen LogP contribution in [0.25, 0.3) is 0 Å². The van der Waals surface area contributed by atoms with Gasteiger partial charge in [0.1, 0.15) is 0 Å². The summed E-state index contributed by atoms with van der Waals surface area (Å²) in [4.78, 5) is 0.599. The van der Waals surface area contributed by atoms with Crippen molar-refractivity contribution >= 4 is 15.9 Å². The van der Waals surface area contributed by atoms with E-state index in [0.717, 1.165) is 5.92 Å². The molecular formula is C15H23Br. The van der Waals surface area contributed by atoms with E-state index in [2.05, 4.69) is 67.9 Å². The van der Waals surface area contributed by atoms with E-state index in [1.54, 1.807) is 0 Å². The second-order valence-electron chi connectivity index (χ2n) is 4.95. The van der Waals surface area contributed by atoms with E-state index in [4.69, 9.17) is 0 Å². The second kappa shape index (κ2) is 6.44. The molecule has 0 aliphatic carbocycles. The first-order chi connectivity index (χ1) is 7.54. The molecule has 0 aromatic heterocycles. The zero-order valence-electron chi connectivity index (χ0n) is 10.8. The Morgan fingerprint density at radius 3 is 2.00 bits per heavy atom. The molecule has 0 saturated carbocycles. The normalized spacial score (nSPS) is 15.1. The predicted molar refractivity (Wildman–Crippen MR) is 76.4 cm³/mol. The minimum Gasteiger partial charge on any atom is -0.0891 e. The zero-order chi connectivity index (χ0) is 12.1. The van der Waals surface area contributed by atoms with Gasteiger partial charge in [0.2, 0.25) is 0 Å². The molecule has 0 nitrogen and oxygen atoms in total. The van der Waals surface area contributed by atoms with E-state index >= 15 is 0 Å². The van der Waals surface area contributed by atoms with Crippen LogP contribution in [0.4, 0.5) is 0 Å². The Morgan fingerprint density at radius 1 is 1.06 bits per heavy atom. The van der Waals surface area contributed by atoms with Crippen molar-refractivity contribution < 1.29 is 0 Å². The number of rotatable bonds is 5. The lowest BCUT2D eigenvalue weighted by Gasteiger charge is -2.18. The zero-order valence-corrected chi connectivity index (χ0v) is 12.4. The number of halogens is 1. The van der Waals surface area contributed by atoms with Gasteiger partial charge in [0, 0.05) is 4.83 Å². The van der Waals surface area contributed by atoms with Gasteiger partial charge in [-0.3, -0.25) is 0 Å². The fraction of sp³-hybridized carbons (Fsp3) is 0.600. The molecule has 0 aliphatic rings. The highest BCUT2D eigenvalue weighted by molar-refractivity contribution is 9.09. The van der Waals surface area contributed by atoms with Gasteiger partial charge in [0.15, 0.2) is 0 Å². The van der Waals surface area contributed by atoms with Crippen molar-refractivity contribution in [1.82, 2.24) is 0 Å². The minimum absolute atomic E-state index is 0.599. The average Bonchev–Trinajstić information content (AvgIpc) is 2.26. The lowest BCUT2D eigenvalue weighted by atomic mass is 9.93. The third kappa shape index (κ3) is 3.93. The first-order valence-electron chi connectivity index (χ1n) is 6.27. The van der Waals surface area contributed by atoms with Crippen LogP contribution in [0.3, 0.4) is 0 Å². The van der Waals surface area contributed by atoms with Gasteiger partial charge < -0.3 is 0 Å². The fourth-order valence-electron chi connectivity index (χ4n) is 1.97. The van der Waals surface area contributed by atoms with Gasteiger partial charge in [-0.05, 0) is 29.4 Å². The highest BCUT2D eigenvalue weighted by atomic mass is 79.9. The Hall–Kier alpha value is -0.300. The van der Waals surface area contributed by atoms with Gasteiger partial charge in [0.25, 0.3) is 0 Å². The smallest absolute Gasteiger partial charge is 0.0148 e. The van der Waals surface area contributed by atoms with Crippen molar-refractivity contribution in [2.45, 2.75) is 51.3 Å². The van der Waals surface area contributed by atoms with Crippen LogP contribution in [0.2, 0.25) is 0 Å². The van der Waals surface area contributed by atoms with Crippen LogP contribution in [0.5, 0.6) is 0 Å². The third-order valence-electron chi connectivity index (χ3n) is 3.32. The van der Waals surface area contributed by atoms with Crippen LogP contribution in [-0.4, -0.2) is 4.83 Å². The number of hydrogen-bond donors (Lipinski definition) is 0. The molecule has 16 heavy (non-hydrogen) atoms. The molecule has 0 saturated heterocycles. The van der Waals surface area contributed by atoms with E-state index < -0.39 is 0 Å². The number of hydrogen-bond acceptors (Lipinski definition) is 0. The summed E-state index contributed by atoms with van der Waals surface area (Å²) in [7, 11) is 0. The predicted octanol–water partition coefficient (Wildman–Crippen LogP) is 5.16. The molecule has 0 aliphatic heterocycles. The van der Waals surface area contributed by atoms with E-state index in [1.165, 1.54) is 24.0 Å². The summed E-state index contributed by atoms with van der Waals surface area (Å²) in [6.07, 6.45) is 2.42. The van der Waals surface area contributed by atoms with Gasteiger partial charge in [-0.2, -0.15) is 0 Å². The fourth-order valence-corrected chi connectivity index (χ4v) is 2.53. The average molecular weight is 283 g/mol. The largest absolute Gasteiger partial charge is 0.0891 e. The molecule has 1 rings (SSSR count). The summed E-state index contributed by atoms with van der Waals surface area (Å²) in [6, 6.07) is 9.11. The summed E-state index contributed by atoms with van der Waals surface area (Å²) >= 11 is 3.70. The van der Waals surface area contributed by atoms with Gasteiger partial charge in [-0.25, -0.2) is 0 Å². The Labute approximate surface area is 109 Å². The Kier molecular flexibility index (Phi) is 5.54. The van der Waals surface area contributed by atoms with Crippen molar-refractivity contribution in [3.8, 4) is 0 Å². The topological polar surface area (TPSA) is 0 Å². The molecule has 1 aromatic rings. The molecule has 0 spiro atoms. The standard InChI is InChI=1S/C15H23Br/c1-5-14(12(4)16)10-13-6-8-15(9-7-13)11(2)3/h6-9,11-12,14H,5,10H2,1-4H3. The Balaban J connectivity index is 2.67. The van der Waals surface area contributed by atoms with Crippen molar-refractivity contribution in [2.24, 2.45) is 5.92 Å². The molecule has 0 bridgehead atoms. The molecule has 2 atom stereocenters. The quantitative estimate of drug-likeness (QED) is 0.654. The van der Waals surface area contributed by atoms with E-state index in [1.807, 2.05) is 0 Å². The van der Waals surface area contributed by atoms with Crippen LogP contribution in [0, 0.1) is 5.92 Å². The van der Waals surface area contributed by atoms with Crippen LogP contribution < -0.4 is 0 Å². The molecule has 1 aromatic carbocycles. The summed E-state index contributed by atoms with van der Waals surface area (Å²) in [5, 5.41) is 0. The van der Waals surface area contributed by atoms with Gasteiger partial charge in [-0.1, -0.05) is 74.3 Å². The summed E-state index contributed by atoms with van der Waals surface area (Å²) < 4.78 is 0. The van der Waals surface area contributed by atoms with E-state index in [0.29, 0.717) is 10.7 Å². The Bertz CT molecular complexity index is 298. The molecule has 1 heteroatoms. The molecule has 0 amide bonds. The summed E-state index contributed by atoms with van der Waals surface area (Å²) in [6.45, 7) is 9.00. The Morgan fingerprint density at radius 2 is 1.62 bits per heavy atom. The molecule has 0 radical (unpaired) electrons. The van der Waals surface area contributed by atoms with Gasteiger partial charge in [0.05, 0.1) is 0 Å². The molecule has 0 heterocycles. The highest BCUT2D eigenvalue weighted by Gasteiger charge is 2.13. The SMILES string of the molecule is CCC(Cc1ccc(C(C)C)cc1)C(C)Br. The first kappa shape index (κ1) is 13.8. The molecule has 0 fully saturated rings. The first-order valence-corrected chi connectivity index (χ1v) is 7.19. The van der Waals surface area contributed by atoms with Gasteiger partial charge in [-0.15, -0.1) is 0 Å². The summed E-state index contributed by atoms with van der Waals surface area (Å²) in [5.74, 6) is 1.37. The van der Waals surface area contributed by atoms with Crippen molar-refractivity contribution in [3.63, 3.8) is 0 Å². The molecule has 0 N–H and O–H groups in total. The maximum atomic E-state index is 3.70. The lowest BCUT2D eigenvalue weighted by molar-refractivity contribution is 0.508. The summed E-state index contributed by atoms with van der Waals surface area (Å²) in [5.41, 5.74) is 2.89. The molecule has 2 unspecified atom stereocenters. The third-order valence-corrected chi connectivity index (χ3v) is 4.07. The van der Waals surface area contributed by atoms with E-state index in [-0.39, 0.29) is 0 Å². The molecule has 90 valence electrons. The molecular weight excluding hydrogens is 260 g/mol. The number of alkyl halides is 1. The van der Waals surface area contributed by atoms with Crippen molar-refractivity contribution in [2.75, 3.05) is 0 Å². The van der Waals surface area contributed by atoms with Crippen molar-refractivity contribution in [3.05, 3.63) is 35.4 Å². The van der Waals surface area contributed by atoms with E-state index in [9.17, 15) is 0 Å². The number of benzene rings is 1. The lowest BCUT2D eigenvalue weighted by Crippen LogP contribution is -2.12. The second-order valence-corrected chi connectivity index (χ2v) is 6.39. The maximum absolute atomic E-state index is 3.70. The van der Waals surface area contributed by atoms with Crippen LogP contribution in [0.15, 0.2) is 24.3 Å². The highest BCUT2D eigenvalue weighted by Crippen LogP contribution is 2.22. The van der Waals surface area contributed by atoms with Crippen LogP contribution in [-0.2, 0) is 6.42 Å². The van der Waals surface area contributed by atoms with Gasteiger partial charge >= 0.3 is 0 Å². The maximum Gasteiger partial charge on any atom is 0.0148 e. The monoisotopic (exact) mass is 282 g/mol. The van der Waals surface area contributed by atoms with Crippen LogP contribution >= 0.6 is 15.9 Å². The van der Waals surface area contributed by atoms with Crippen molar-refractivity contribution in [1.29, 1.82) is 0 Å².